The number of rotatable bonds is 4. The van der Waals surface area contributed by atoms with Gasteiger partial charge in [-0.05, 0) is 31.4 Å². The molecule has 1 aromatic carbocycles. The summed E-state index contributed by atoms with van der Waals surface area (Å²) in [5.41, 5.74) is 3.68. The van der Waals surface area contributed by atoms with Gasteiger partial charge in [0.2, 0.25) is 0 Å². The van der Waals surface area contributed by atoms with Crippen LogP contribution >= 0.6 is 0 Å². The van der Waals surface area contributed by atoms with E-state index >= 15 is 0 Å². The van der Waals surface area contributed by atoms with Crippen molar-refractivity contribution in [3.05, 3.63) is 41.2 Å². The number of hydrogen-bond donors (Lipinski definition) is 1. The molecule has 0 aliphatic carbocycles. The van der Waals surface area contributed by atoms with Crippen molar-refractivity contribution in [2.24, 2.45) is 0 Å². The second kappa shape index (κ2) is 6.96. The third-order valence-electron chi connectivity index (χ3n) is 4.15. The third-order valence-corrected chi connectivity index (χ3v) is 4.15. The van der Waals surface area contributed by atoms with Crippen molar-refractivity contribution in [2.45, 2.75) is 27.2 Å². The average molecular weight is 312 g/mol. The summed E-state index contributed by atoms with van der Waals surface area (Å²) in [5.74, 6) is 2.60. The Morgan fingerprint density at radius 3 is 2.70 bits per heavy atom. The average Bonchev–Trinajstić information content (AvgIpc) is 2.57. The van der Waals surface area contributed by atoms with Crippen LogP contribution in [0, 0.1) is 13.8 Å². The van der Waals surface area contributed by atoms with Gasteiger partial charge in [0, 0.05) is 24.8 Å². The molecule has 23 heavy (non-hydrogen) atoms. The summed E-state index contributed by atoms with van der Waals surface area (Å²) in [6.07, 6.45) is 0.990. The molecule has 0 saturated carbocycles. The highest BCUT2D eigenvalue weighted by Gasteiger charge is 2.15. The first-order valence-electron chi connectivity index (χ1n) is 8.21. The van der Waals surface area contributed by atoms with E-state index in [-0.39, 0.29) is 0 Å². The van der Waals surface area contributed by atoms with Gasteiger partial charge in [-0.2, -0.15) is 0 Å². The lowest BCUT2D eigenvalue weighted by molar-refractivity contribution is 0.122. The Bertz CT molecular complexity index is 681. The molecule has 3 rings (SSSR count). The van der Waals surface area contributed by atoms with E-state index in [2.05, 4.69) is 52.2 Å². The minimum Gasteiger partial charge on any atom is -0.378 e. The number of nitrogens with one attached hydrogen (secondary N) is 1. The maximum atomic E-state index is 5.42. The van der Waals surface area contributed by atoms with E-state index in [0.717, 1.165) is 55.9 Å². The summed E-state index contributed by atoms with van der Waals surface area (Å²) >= 11 is 0. The quantitative estimate of drug-likeness (QED) is 0.939. The van der Waals surface area contributed by atoms with E-state index < -0.39 is 0 Å². The fourth-order valence-corrected chi connectivity index (χ4v) is 2.90. The van der Waals surface area contributed by atoms with E-state index in [0.29, 0.717) is 0 Å². The highest BCUT2D eigenvalue weighted by molar-refractivity contribution is 5.66. The molecule has 1 aliphatic rings. The molecule has 1 N–H and O–H groups in total. The Morgan fingerprint density at radius 2 is 1.96 bits per heavy atom. The van der Waals surface area contributed by atoms with Gasteiger partial charge in [-0.1, -0.05) is 25.1 Å². The van der Waals surface area contributed by atoms with Gasteiger partial charge in [0.25, 0.3) is 0 Å². The SMILES string of the molecule is CCc1cccc(C)c1Nc1cc(N2CCOCC2)nc(C)n1. The van der Waals surface area contributed by atoms with Gasteiger partial charge in [-0.25, -0.2) is 9.97 Å². The Hall–Kier alpha value is -2.14. The first-order chi connectivity index (χ1) is 11.2. The molecule has 1 saturated heterocycles. The molecule has 122 valence electrons. The summed E-state index contributed by atoms with van der Waals surface area (Å²) in [6, 6.07) is 8.42. The van der Waals surface area contributed by atoms with E-state index in [1.807, 2.05) is 13.0 Å². The fraction of sp³-hybridized carbons (Fsp3) is 0.444. The second-order valence-corrected chi connectivity index (χ2v) is 5.85. The number of ether oxygens (including phenoxy) is 1. The molecule has 1 fully saturated rings. The first kappa shape index (κ1) is 15.7. The Kier molecular flexibility index (Phi) is 4.76. The molecule has 2 heterocycles. The number of hydrogen-bond acceptors (Lipinski definition) is 5. The van der Waals surface area contributed by atoms with Crippen molar-refractivity contribution in [3.8, 4) is 0 Å². The van der Waals surface area contributed by atoms with Crippen LogP contribution in [0.2, 0.25) is 0 Å². The minimum atomic E-state index is 0.754. The molecule has 0 unspecified atom stereocenters. The minimum absolute atomic E-state index is 0.754. The molecule has 0 radical (unpaired) electrons. The van der Waals surface area contributed by atoms with Crippen LogP contribution in [0.25, 0.3) is 0 Å². The predicted molar refractivity (Wildman–Crippen MR) is 93.6 cm³/mol. The molecule has 1 aliphatic heterocycles. The van der Waals surface area contributed by atoms with Crippen LogP contribution < -0.4 is 10.2 Å². The van der Waals surface area contributed by atoms with Gasteiger partial charge in [0.05, 0.1) is 13.2 Å². The number of aromatic nitrogens is 2. The van der Waals surface area contributed by atoms with Crippen LogP contribution in [0.4, 0.5) is 17.3 Å². The zero-order chi connectivity index (χ0) is 16.2. The van der Waals surface area contributed by atoms with Crippen molar-refractivity contribution in [3.63, 3.8) is 0 Å². The number of aryl methyl sites for hydroxylation is 3. The van der Waals surface area contributed by atoms with Gasteiger partial charge in [0.15, 0.2) is 0 Å². The normalized spacial score (nSPS) is 14.8. The summed E-state index contributed by atoms with van der Waals surface area (Å²) in [4.78, 5) is 11.4. The van der Waals surface area contributed by atoms with Crippen LogP contribution in [0.3, 0.4) is 0 Å². The van der Waals surface area contributed by atoms with Crippen molar-refractivity contribution < 1.29 is 4.74 Å². The van der Waals surface area contributed by atoms with Crippen LogP contribution in [0.5, 0.6) is 0 Å². The molecule has 5 heteroatoms. The third kappa shape index (κ3) is 3.62. The fourth-order valence-electron chi connectivity index (χ4n) is 2.90. The summed E-state index contributed by atoms with van der Waals surface area (Å²) in [5, 5.41) is 3.50. The molecule has 1 aromatic heterocycles. The van der Waals surface area contributed by atoms with E-state index in [9.17, 15) is 0 Å². The number of anilines is 3. The molecular formula is C18H24N4O. The van der Waals surface area contributed by atoms with E-state index in [1.165, 1.54) is 11.1 Å². The summed E-state index contributed by atoms with van der Waals surface area (Å²) < 4.78 is 5.42. The highest BCUT2D eigenvalue weighted by atomic mass is 16.5. The largest absolute Gasteiger partial charge is 0.378 e. The summed E-state index contributed by atoms with van der Waals surface area (Å²) in [7, 11) is 0. The smallest absolute Gasteiger partial charge is 0.136 e. The molecule has 0 atom stereocenters. The monoisotopic (exact) mass is 312 g/mol. The second-order valence-electron chi connectivity index (χ2n) is 5.85. The maximum absolute atomic E-state index is 5.42. The van der Waals surface area contributed by atoms with Crippen LogP contribution in [-0.4, -0.2) is 36.3 Å². The molecule has 0 spiro atoms. The van der Waals surface area contributed by atoms with Crippen LogP contribution in [-0.2, 0) is 11.2 Å². The first-order valence-corrected chi connectivity index (χ1v) is 8.21. The zero-order valence-electron chi connectivity index (χ0n) is 14.1. The van der Waals surface area contributed by atoms with Crippen molar-refractivity contribution in [2.75, 3.05) is 36.5 Å². The lowest BCUT2D eigenvalue weighted by Gasteiger charge is -2.28. The van der Waals surface area contributed by atoms with E-state index in [4.69, 9.17) is 4.74 Å². The molecule has 0 amide bonds. The van der Waals surface area contributed by atoms with Gasteiger partial charge in [-0.15, -0.1) is 0 Å². The number of morpholine rings is 1. The van der Waals surface area contributed by atoms with Gasteiger partial charge < -0.3 is 15.0 Å². The molecule has 2 aromatic rings. The lowest BCUT2D eigenvalue weighted by Crippen LogP contribution is -2.36. The van der Waals surface area contributed by atoms with Crippen molar-refractivity contribution in [1.82, 2.24) is 9.97 Å². The maximum Gasteiger partial charge on any atom is 0.136 e. The van der Waals surface area contributed by atoms with Crippen molar-refractivity contribution >= 4 is 17.3 Å². The van der Waals surface area contributed by atoms with Crippen LogP contribution in [0.1, 0.15) is 23.9 Å². The Morgan fingerprint density at radius 1 is 1.17 bits per heavy atom. The molecule has 0 bridgehead atoms. The van der Waals surface area contributed by atoms with Crippen molar-refractivity contribution in [1.29, 1.82) is 0 Å². The predicted octanol–water partition coefficient (Wildman–Crippen LogP) is 3.24. The highest BCUT2D eigenvalue weighted by Crippen LogP contribution is 2.26. The Balaban J connectivity index is 1.90. The van der Waals surface area contributed by atoms with Gasteiger partial charge >= 0.3 is 0 Å². The number of nitrogens with zero attached hydrogens (tertiary/aromatic N) is 3. The Labute approximate surface area is 137 Å². The topological polar surface area (TPSA) is 50.3 Å². The van der Waals surface area contributed by atoms with E-state index in [1.54, 1.807) is 0 Å². The van der Waals surface area contributed by atoms with Gasteiger partial charge in [0.1, 0.15) is 17.5 Å². The molecular weight excluding hydrogens is 288 g/mol. The van der Waals surface area contributed by atoms with Gasteiger partial charge in [-0.3, -0.25) is 0 Å². The standard InChI is InChI=1S/C18H24N4O/c1-4-15-7-5-6-13(2)18(15)21-16-12-17(20-14(3)19-16)22-8-10-23-11-9-22/h5-7,12H,4,8-11H2,1-3H3,(H,19,20,21). The summed E-state index contributed by atoms with van der Waals surface area (Å²) in [6.45, 7) is 9.49. The number of para-hydroxylation sites is 1. The molecule has 5 nitrogen and oxygen atoms in total. The lowest BCUT2D eigenvalue weighted by atomic mass is 10.1. The number of benzene rings is 1. The zero-order valence-corrected chi connectivity index (χ0v) is 14.1. The van der Waals surface area contributed by atoms with Crippen LogP contribution in [0.15, 0.2) is 24.3 Å².